The zero-order valence-corrected chi connectivity index (χ0v) is 9.01. The van der Waals surface area contributed by atoms with Crippen LogP contribution in [-0.2, 0) is 11.0 Å². The van der Waals surface area contributed by atoms with E-state index in [0.717, 1.165) is 12.1 Å². The Labute approximate surface area is 91.7 Å². The zero-order valence-electron chi connectivity index (χ0n) is 9.01. The summed E-state index contributed by atoms with van der Waals surface area (Å²) in [6, 6.07) is 4.99. The first-order chi connectivity index (χ1) is 7.45. The van der Waals surface area contributed by atoms with Crippen LogP contribution in [0.2, 0.25) is 0 Å². The van der Waals surface area contributed by atoms with Gasteiger partial charge in [-0.3, -0.25) is 0 Å². The highest BCUT2D eigenvalue weighted by atomic mass is 19.4. The van der Waals surface area contributed by atoms with Crippen LogP contribution in [0.25, 0.3) is 0 Å². The number of halogens is 3. The molecule has 0 bridgehead atoms. The number of hydrogen-bond donors (Lipinski definition) is 0. The van der Waals surface area contributed by atoms with Gasteiger partial charge in [0, 0.05) is 0 Å². The van der Waals surface area contributed by atoms with Crippen molar-refractivity contribution < 1.29 is 18.0 Å². The van der Waals surface area contributed by atoms with E-state index in [1.165, 1.54) is 6.07 Å². The van der Waals surface area contributed by atoms with Crippen LogP contribution in [0.3, 0.4) is 0 Å². The molecule has 0 aliphatic heterocycles. The van der Waals surface area contributed by atoms with Crippen LogP contribution in [0.4, 0.5) is 13.2 Å². The van der Waals surface area contributed by atoms with Crippen molar-refractivity contribution in [2.75, 3.05) is 6.61 Å². The second kappa shape index (κ2) is 5.01. The summed E-state index contributed by atoms with van der Waals surface area (Å²) in [6.45, 7) is 3.74. The lowest BCUT2D eigenvalue weighted by atomic mass is 10.1. The first-order valence-corrected chi connectivity index (χ1v) is 4.79. The average Bonchev–Trinajstić information content (AvgIpc) is 2.25. The van der Waals surface area contributed by atoms with Gasteiger partial charge in [-0.1, -0.05) is 17.3 Å². The number of nitrogens with zero attached hydrogens (tertiary/aromatic N) is 1. The molecule has 1 aromatic carbocycles. The molecule has 0 spiro atoms. The molecule has 1 aromatic rings. The first-order valence-electron chi connectivity index (χ1n) is 4.79. The fourth-order valence-electron chi connectivity index (χ4n) is 1.13. The summed E-state index contributed by atoms with van der Waals surface area (Å²) in [5.41, 5.74) is 0.146. The number of oxime groups is 1. The monoisotopic (exact) mass is 231 g/mol. The molecule has 88 valence electrons. The highest BCUT2D eigenvalue weighted by Gasteiger charge is 2.30. The minimum absolute atomic E-state index is 0.385. The van der Waals surface area contributed by atoms with E-state index in [1.807, 2.05) is 0 Å². The van der Waals surface area contributed by atoms with Gasteiger partial charge in [-0.25, -0.2) is 0 Å². The van der Waals surface area contributed by atoms with Gasteiger partial charge in [0.1, 0.15) is 6.61 Å². The average molecular weight is 231 g/mol. The molecule has 0 N–H and O–H groups in total. The smallest absolute Gasteiger partial charge is 0.396 e. The summed E-state index contributed by atoms with van der Waals surface area (Å²) in [7, 11) is 0. The van der Waals surface area contributed by atoms with Gasteiger partial charge in [-0.05, 0) is 31.5 Å². The third kappa shape index (κ3) is 3.25. The Balaban J connectivity index is 2.99. The maximum Gasteiger partial charge on any atom is 0.416 e. The Morgan fingerprint density at radius 2 is 2.06 bits per heavy atom. The highest BCUT2D eigenvalue weighted by molar-refractivity contribution is 5.98. The van der Waals surface area contributed by atoms with Crippen molar-refractivity contribution in [3.63, 3.8) is 0 Å². The Morgan fingerprint density at radius 3 is 2.62 bits per heavy atom. The van der Waals surface area contributed by atoms with Gasteiger partial charge in [0.05, 0.1) is 11.3 Å². The standard InChI is InChI=1S/C11H12F3NO/c1-3-16-15-8(2)9-5-4-6-10(7-9)11(12,13)14/h4-7H,3H2,1-2H3/b15-8+. The van der Waals surface area contributed by atoms with E-state index in [4.69, 9.17) is 4.84 Å². The van der Waals surface area contributed by atoms with Crippen LogP contribution < -0.4 is 0 Å². The largest absolute Gasteiger partial charge is 0.416 e. The van der Waals surface area contributed by atoms with E-state index in [0.29, 0.717) is 17.9 Å². The molecular formula is C11H12F3NO. The fraction of sp³-hybridized carbons (Fsp3) is 0.364. The molecule has 0 unspecified atom stereocenters. The van der Waals surface area contributed by atoms with Gasteiger partial charge in [-0.2, -0.15) is 13.2 Å². The molecule has 0 aliphatic rings. The van der Waals surface area contributed by atoms with Crippen LogP contribution in [0.1, 0.15) is 25.0 Å². The first kappa shape index (κ1) is 12.5. The van der Waals surface area contributed by atoms with Crippen molar-refractivity contribution in [3.05, 3.63) is 35.4 Å². The maximum absolute atomic E-state index is 12.4. The van der Waals surface area contributed by atoms with Crippen molar-refractivity contribution >= 4 is 5.71 Å². The molecule has 1 rings (SSSR count). The summed E-state index contributed by atoms with van der Waals surface area (Å²) in [5, 5.41) is 3.69. The quantitative estimate of drug-likeness (QED) is 0.576. The van der Waals surface area contributed by atoms with Crippen LogP contribution in [-0.4, -0.2) is 12.3 Å². The number of rotatable bonds is 3. The van der Waals surface area contributed by atoms with E-state index < -0.39 is 11.7 Å². The minimum atomic E-state index is -4.33. The Bertz CT molecular complexity index is 385. The van der Waals surface area contributed by atoms with Crippen LogP contribution >= 0.6 is 0 Å². The molecule has 5 heteroatoms. The lowest BCUT2D eigenvalue weighted by Crippen LogP contribution is -2.06. The second-order valence-electron chi connectivity index (χ2n) is 3.17. The van der Waals surface area contributed by atoms with E-state index in [2.05, 4.69) is 5.16 Å². The molecular weight excluding hydrogens is 219 g/mol. The molecule has 0 saturated heterocycles. The summed E-state index contributed by atoms with van der Waals surface area (Å²) < 4.78 is 37.2. The minimum Gasteiger partial charge on any atom is -0.396 e. The van der Waals surface area contributed by atoms with Crippen molar-refractivity contribution in [2.24, 2.45) is 5.16 Å². The summed E-state index contributed by atoms with van der Waals surface area (Å²) in [6.07, 6.45) is -4.33. The van der Waals surface area contributed by atoms with Crippen LogP contribution in [0, 0.1) is 0 Å². The lowest BCUT2D eigenvalue weighted by molar-refractivity contribution is -0.137. The Morgan fingerprint density at radius 1 is 1.38 bits per heavy atom. The normalized spacial score (nSPS) is 12.7. The van der Waals surface area contributed by atoms with Gasteiger partial charge in [0.2, 0.25) is 0 Å². The van der Waals surface area contributed by atoms with Crippen molar-refractivity contribution in [1.29, 1.82) is 0 Å². The second-order valence-corrected chi connectivity index (χ2v) is 3.17. The van der Waals surface area contributed by atoms with Crippen molar-refractivity contribution in [3.8, 4) is 0 Å². The van der Waals surface area contributed by atoms with Gasteiger partial charge < -0.3 is 4.84 Å². The molecule has 0 aliphatic carbocycles. The Hall–Kier alpha value is -1.52. The molecule has 0 saturated carbocycles. The van der Waals surface area contributed by atoms with E-state index in [1.54, 1.807) is 19.9 Å². The summed E-state index contributed by atoms with van der Waals surface area (Å²) in [4.78, 5) is 4.78. The number of alkyl halides is 3. The summed E-state index contributed by atoms with van der Waals surface area (Å²) in [5.74, 6) is 0. The summed E-state index contributed by atoms with van der Waals surface area (Å²) >= 11 is 0. The van der Waals surface area contributed by atoms with Crippen molar-refractivity contribution in [1.82, 2.24) is 0 Å². The van der Waals surface area contributed by atoms with Crippen LogP contribution in [0.15, 0.2) is 29.4 Å². The van der Waals surface area contributed by atoms with E-state index >= 15 is 0 Å². The molecule has 0 amide bonds. The fourth-order valence-corrected chi connectivity index (χ4v) is 1.13. The third-order valence-corrected chi connectivity index (χ3v) is 1.94. The molecule has 0 fully saturated rings. The van der Waals surface area contributed by atoms with E-state index in [-0.39, 0.29) is 0 Å². The topological polar surface area (TPSA) is 21.6 Å². The molecule has 0 radical (unpaired) electrons. The Kier molecular flexibility index (Phi) is 3.93. The molecule has 2 nitrogen and oxygen atoms in total. The predicted molar refractivity (Wildman–Crippen MR) is 55.3 cm³/mol. The van der Waals surface area contributed by atoms with Crippen molar-refractivity contribution in [2.45, 2.75) is 20.0 Å². The molecule has 16 heavy (non-hydrogen) atoms. The molecule has 0 heterocycles. The molecule has 0 aromatic heterocycles. The van der Waals surface area contributed by atoms with Crippen LogP contribution in [0.5, 0.6) is 0 Å². The van der Waals surface area contributed by atoms with Gasteiger partial charge >= 0.3 is 6.18 Å². The van der Waals surface area contributed by atoms with Gasteiger partial charge in [-0.15, -0.1) is 0 Å². The van der Waals surface area contributed by atoms with E-state index in [9.17, 15) is 13.2 Å². The zero-order chi connectivity index (χ0) is 12.2. The highest BCUT2D eigenvalue weighted by Crippen LogP contribution is 2.29. The lowest BCUT2D eigenvalue weighted by Gasteiger charge is -2.08. The SMILES string of the molecule is CCO/N=C(\C)c1cccc(C(F)(F)F)c1. The maximum atomic E-state index is 12.4. The number of benzene rings is 1. The number of hydrogen-bond acceptors (Lipinski definition) is 2. The molecule has 0 atom stereocenters. The van der Waals surface area contributed by atoms with Gasteiger partial charge in [0.25, 0.3) is 0 Å². The predicted octanol–water partition coefficient (Wildman–Crippen LogP) is 3.47. The van der Waals surface area contributed by atoms with Gasteiger partial charge in [0.15, 0.2) is 0 Å². The third-order valence-electron chi connectivity index (χ3n) is 1.94.